The monoisotopic (exact) mass is 365 g/mol. The Hall–Kier alpha value is -1.48. The summed E-state index contributed by atoms with van der Waals surface area (Å²) in [5, 5.41) is 0. The van der Waals surface area contributed by atoms with Gasteiger partial charge in [-0.05, 0) is 25.0 Å². The van der Waals surface area contributed by atoms with E-state index in [-0.39, 0.29) is 24.3 Å². The highest BCUT2D eigenvalue weighted by molar-refractivity contribution is 7.89. The van der Waals surface area contributed by atoms with E-state index in [0.717, 1.165) is 4.31 Å². The molecule has 1 atom stereocenters. The largest absolute Gasteiger partial charge is 0.490 e. The molecule has 2 aliphatic heterocycles. The van der Waals surface area contributed by atoms with Gasteiger partial charge in [0, 0.05) is 25.6 Å². The molecule has 0 unspecified atom stereocenters. The molecule has 1 saturated heterocycles. The molecule has 0 N–H and O–H groups in total. The number of benzene rings is 1. The molecule has 24 heavy (non-hydrogen) atoms. The topological polar surface area (TPSA) is 55.8 Å². The molecule has 0 aliphatic carbocycles. The van der Waals surface area contributed by atoms with Crippen LogP contribution < -0.4 is 9.47 Å². The molecule has 3 rings (SSSR count). The summed E-state index contributed by atoms with van der Waals surface area (Å²) >= 11 is 0. The first-order valence-electron chi connectivity index (χ1n) is 7.75. The summed E-state index contributed by atoms with van der Waals surface area (Å²) in [5.41, 5.74) is 0. The first kappa shape index (κ1) is 17.3. The Morgan fingerprint density at radius 3 is 2.50 bits per heavy atom. The molecule has 2 aliphatic rings. The molecule has 0 bridgehead atoms. The van der Waals surface area contributed by atoms with E-state index in [0.29, 0.717) is 31.1 Å². The predicted molar refractivity (Wildman–Crippen MR) is 79.6 cm³/mol. The fraction of sp³-hybridized carbons (Fsp3) is 0.600. The maximum Gasteiger partial charge on any atom is 0.393 e. The minimum Gasteiger partial charge on any atom is -0.490 e. The van der Waals surface area contributed by atoms with Gasteiger partial charge in [-0.3, -0.25) is 0 Å². The maximum absolute atomic E-state index is 12.9. The van der Waals surface area contributed by atoms with Gasteiger partial charge in [0.15, 0.2) is 11.5 Å². The number of ether oxygens (including phenoxy) is 2. The summed E-state index contributed by atoms with van der Waals surface area (Å²) < 4.78 is 76.0. The molecule has 134 valence electrons. The molecule has 2 heterocycles. The lowest BCUT2D eigenvalue weighted by Crippen LogP contribution is -2.44. The van der Waals surface area contributed by atoms with E-state index >= 15 is 0 Å². The van der Waals surface area contributed by atoms with Gasteiger partial charge in [0.05, 0.1) is 24.0 Å². The van der Waals surface area contributed by atoms with Crippen LogP contribution in [0.15, 0.2) is 23.1 Å². The van der Waals surface area contributed by atoms with E-state index in [1.54, 1.807) is 0 Å². The van der Waals surface area contributed by atoms with Crippen molar-refractivity contribution in [2.75, 3.05) is 26.3 Å². The van der Waals surface area contributed by atoms with Crippen LogP contribution in [0.5, 0.6) is 11.5 Å². The van der Waals surface area contributed by atoms with Crippen molar-refractivity contribution in [2.45, 2.75) is 30.3 Å². The minimum absolute atomic E-state index is 0.0450. The smallest absolute Gasteiger partial charge is 0.393 e. The second kappa shape index (κ2) is 6.44. The first-order valence-corrected chi connectivity index (χ1v) is 9.19. The third kappa shape index (κ3) is 3.46. The van der Waals surface area contributed by atoms with Crippen molar-refractivity contribution < 1.29 is 31.1 Å². The lowest BCUT2D eigenvalue weighted by Gasteiger charge is -2.32. The Labute approximate surface area is 138 Å². The van der Waals surface area contributed by atoms with Crippen LogP contribution in [-0.4, -0.2) is 45.2 Å². The van der Waals surface area contributed by atoms with E-state index in [1.807, 2.05) is 0 Å². The fourth-order valence-electron chi connectivity index (χ4n) is 2.88. The van der Waals surface area contributed by atoms with Crippen LogP contribution in [0.3, 0.4) is 0 Å². The maximum atomic E-state index is 12.9. The molecular formula is C15H18F3NO4S. The van der Waals surface area contributed by atoms with Gasteiger partial charge in [-0.15, -0.1) is 0 Å². The zero-order valence-corrected chi connectivity index (χ0v) is 13.7. The number of piperidine rings is 1. The lowest BCUT2D eigenvalue weighted by molar-refractivity contribution is -0.182. The Bertz CT molecular complexity index is 705. The molecule has 9 heteroatoms. The average Bonchev–Trinajstić information content (AvgIpc) is 2.78. The molecule has 1 aromatic carbocycles. The molecule has 1 fully saturated rings. The van der Waals surface area contributed by atoms with Gasteiger partial charge < -0.3 is 9.47 Å². The predicted octanol–water partition coefficient (Wildman–Crippen LogP) is 2.81. The Morgan fingerprint density at radius 1 is 1.08 bits per heavy atom. The fourth-order valence-corrected chi connectivity index (χ4v) is 4.42. The summed E-state index contributed by atoms with van der Waals surface area (Å²) in [5.74, 6) is -0.877. The second-order valence-electron chi connectivity index (χ2n) is 5.90. The summed E-state index contributed by atoms with van der Waals surface area (Å²) in [6.45, 7) is 0.415. The zero-order valence-electron chi connectivity index (χ0n) is 12.9. The standard InChI is InChI=1S/C15H18F3NO4S/c16-15(17,18)11-3-1-6-19(10-11)24(20,21)12-4-5-13-14(9-12)23-8-2-7-22-13/h4-5,9,11H,1-3,6-8,10H2/t11-/m0/s1. The van der Waals surface area contributed by atoms with E-state index in [1.165, 1.54) is 18.2 Å². The molecule has 0 radical (unpaired) electrons. The summed E-state index contributed by atoms with van der Waals surface area (Å²) in [7, 11) is -4.00. The Balaban J connectivity index is 1.86. The van der Waals surface area contributed by atoms with Crippen molar-refractivity contribution in [1.82, 2.24) is 4.31 Å². The quantitative estimate of drug-likeness (QED) is 0.809. The SMILES string of the molecule is O=S(=O)(c1ccc2c(c1)OCCCO2)N1CCC[C@H](C(F)(F)F)C1. The third-order valence-electron chi connectivity index (χ3n) is 4.20. The van der Waals surface area contributed by atoms with Crippen LogP contribution >= 0.6 is 0 Å². The van der Waals surface area contributed by atoms with Crippen LogP contribution in [0.2, 0.25) is 0 Å². The average molecular weight is 365 g/mol. The highest BCUT2D eigenvalue weighted by atomic mass is 32.2. The van der Waals surface area contributed by atoms with Crippen molar-refractivity contribution in [3.8, 4) is 11.5 Å². The Morgan fingerprint density at radius 2 is 1.79 bits per heavy atom. The van der Waals surface area contributed by atoms with Gasteiger partial charge in [-0.25, -0.2) is 8.42 Å². The normalized spacial score (nSPS) is 22.9. The van der Waals surface area contributed by atoms with Gasteiger partial charge in [-0.1, -0.05) is 0 Å². The summed E-state index contributed by atoms with van der Waals surface area (Å²) in [4.78, 5) is -0.0745. The van der Waals surface area contributed by atoms with Gasteiger partial charge in [-0.2, -0.15) is 17.5 Å². The minimum atomic E-state index is -4.39. The van der Waals surface area contributed by atoms with E-state index in [9.17, 15) is 21.6 Å². The number of alkyl halides is 3. The number of sulfonamides is 1. The van der Waals surface area contributed by atoms with E-state index < -0.39 is 28.7 Å². The summed E-state index contributed by atoms with van der Waals surface area (Å²) in [6, 6.07) is 4.16. The number of hydrogen-bond acceptors (Lipinski definition) is 4. The molecule has 0 saturated carbocycles. The summed E-state index contributed by atoms with van der Waals surface area (Å²) in [6.07, 6.45) is -3.57. The third-order valence-corrected chi connectivity index (χ3v) is 6.06. The Kier molecular flexibility index (Phi) is 4.65. The molecule has 1 aromatic rings. The molecule has 0 amide bonds. The number of halogens is 3. The number of rotatable bonds is 2. The zero-order chi connectivity index (χ0) is 17.4. The van der Waals surface area contributed by atoms with Gasteiger partial charge >= 0.3 is 6.18 Å². The van der Waals surface area contributed by atoms with Gasteiger partial charge in [0.1, 0.15) is 0 Å². The van der Waals surface area contributed by atoms with E-state index in [4.69, 9.17) is 9.47 Å². The van der Waals surface area contributed by atoms with Crippen LogP contribution in [0.25, 0.3) is 0 Å². The van der Waals surface area contributed by atoms with Gasteiger partial charge in [0.25, 0.3) is 0 Å². The van der Waals surface area contributed by atoms with Crippen molar-refractivity contribution in [3.63, 3.8) is 0 Å². The van der Waals surface area contributed by atoms with Crippen LogP contribution in [0, 0.1) is 5.92 Å². The van der Waals surface area contributed by atoms with E-state index in [2.05, 4.69) is 0 Å². The second-order valence-corrected chi connectivity index (χ2v) is 7.84. The van der Waals surface area contributed by atoms with Crippen molar-refractivity contribution in [2.24, 2.45) is 5.92 Å². The van der Waals surface area contributed by atoms with Crippen LogP contribution in [0.4, 0.5) is 13.2 Å². The molecule has 0 spiro atoms. The lowest BCUT2D eigenvalue weighted by atomic mass is 9.99. The van der Waals surface area contributed by atoms with Gasteiger partial charge in [0.2, 0.25) is 10.0 Å². The van der Waals surface area contributed by atoms with Crippen LogP contribution in [-0.2, 0) is 10.0 Å². The van der Waals surface area contributed by atoms with Crippen molar-refractivity contribution in [1.29, 1.82) is 0 Å². The van der Waals surface area contributed by atoms with Crippen molar-refractivity contribution >= 4 is 10.0 Å². The first-order chi connectivity index (χ1) is 11.3. The highest BCUT2D eigenvalue weighted by Gasteiger charge is 2.44. The van der Waals surface area contributed by atoms with Crippen LogP contribution in [0.1, 0.15) is 19.3 Å². The number of nitrogens with zero attached hydrogens (tertiary/aromatic N) is 1. The number of hydrogen-bond donors (Lipinski definition) is 0. The van der Waals surface area contributed by atoms with Crippen molar-refractivity contribution in [3.05, 3.63) is 18.2 Å². The molecule has 0 aromatic heterocycles. The number of fused-ring (bicyclic) bond motifs is 1. The molecule has 5 nitrogen and oxygen atoms in total. The molecular weight excluding hydrogens is 347 g/mol. The highest BCUT2D eigenvalue weighted by Crippen LogP contribution is 2.37.